The number of unbranched alkanes of at least 4 members (excludes halogenated alkanes) is 20. The van der Waals surface area contributed by atoms with Gasteiger partial charge in [0.25, 0.3) is 0 Å². The topological polar surface area (TPSA) is 120 Å². The molecule has 0 rings (SSSR count). The number of guanidine groups is 1. The highest BCUT2D eigenvalue weighted by atomic mass is 16.2. The first kappa shape index (κ1) is 45.4. The van der Waals surface area contributed by atoms with E-state index in [-0.39, 0.29) is 17.8 Å². The molecule has 48 heavy (non-hydrogen) atoms. The van der Waals surface area contributed by atoms with Crippen LogP contribution in [0.3, 0.4) is 0 Å². The zero-order valence-electron chi connectivity index (χ0n) is 31.4. The van der Waals surface area contributed by atoms with Gasteiger partial charge in [-0.1, -0.05) is 140 Å². The molecule has 0 bridgehead atoms. The molecule has 0 aliphatic rings. The van der Waals surface area contributed by atoms with E-state index in [9.17, 15) is 9.59 Å². The van der Waals surface area contributed by atoms with Gasteiger partial charge in [0.15, 0.2) is 5.96 Å². The summed E-state index contributed by atoms with van der Waals surface area (Å²) in [4.78, 5) is 25.5. The van der Waals surface area contributed by atoms with Gasteiger partial charge in [0, 0.05) is 19.5 Å². The predicted molar refractivity (Wildman–Crippen MR) is 208 cm³/mol. The van der Waals surface area contributed by atoms with E-state index >= 15 is 0 Å². The number of nitrogens with one attached hydrogen (secondary N) is 4. The van der Waals surface area contributed by atoms with E-state index in [1.165, 1.54) is 116 Å². The lowest BCUT2D eigenvalue weighted by Crippen LogP contribution is -2.48. The Bertz CT molecular complexity index is 839. The summed E-state index contributed by atoms with van der Waals surface area (Å²) >= 11 is 0. The maximum atomic E-state index is 12.9. The van der Waals surface area contributed by atoms with Crippen molar-refractivity contribution in [3.05, 3.63) is 36.5 Å². The minimum Gasteiger partial charge on any atom is -0.370 e. The second-order valence-corrected chi connectivity index (χ2v) is 13.5. The van der Waals surface area contributed by atoms with Gasteiger partial charge in [-0.15, -0.1) is 0 Å². The van der Waals surface area contributed by atoms with Gasteiger partial charge in [0.1, 0.15) is 6.04 Å². The second kappa shape index (κ2) is 37.3. The molecule has 1 unspecified atom stereocenters. The third-order valence-electron chi connectivity index (χ3n) is 8.74. The zero-order valence-corrected chi connectivity index (χ0v) is 31.4. The third kappa shape index (κ3) is 34.8. The number of amides is 2. The Morgan fingerprint density at radius 2 is 1.00 bits per heavy atom. The van der Waals surface area contributed by atoms with Gasteiger partial charge in [0.05, 0.1) is 0 Å². The molecule has 0 radical (unpaired) electrons. The van der Waals surface area contributed by atoms with Crippen LogP contribution in [0.1, 0.15) is 187 Å². The number of carbonyl (C=O) groups excluding carboxylic acids is 2. The molecule has 0 spiro atoms. The van der Waals surface area contributed by atoms with Crippen LogP contribution in [0, 0.1) is 5.41 Å². The second-order valence-electron chi connectivity index (χ2n) is 13.5. The van der Waals surface area contributed by atoms with E-state index in [2.05, 4.69) is 66.3 Å². The summed E-state index contributed by atoms with van der Waals surface area (Å²) in [5.41, 5.74) is 5.41. The lowest BCUT2D eigenvalue weighted by molar-refractivity contribution is -0.129. The first-order chi connectivity index (χ1) is 23.5. The first-order valence-corrected chi connectivity index (χ1v) is 20.1. The van der Waals surface area contributed by atoms with Crippen molar-refractivity contribution in [2.24, 2.45) is 5.73 Å². The minimum absolute atomic E-state index is 0.0825. The molecule has 0 aromatic rings. The summed E-state index contributed by atoms with van der Waals surface area (Å²) < 4.78 is 0. The van der Waals surface area contributed by atoms with Gasteiger partial charge in [-0.05, 0) is 77.0 Å². The van der Waals surface area contributed by atoms with Crippen molar-refractivity contribution >= 4 is 17.8 Å². The lowest BCUT2D eigenvalue weighted by atomic mass is 10.1. The number of carbonyl (C=O) groups is 2. The predicted octanol–water partition coefficient (Wildman–Crippen LogP) is 10.3. The minimum atomic E-state index is -0.614. The van der Waals surface area contributed by atoms with Crippen molar-refractivity contribution in [3.8, 4) is 0 Å². The Morgan fingerprint density at radius 1 is 0.562 bits per heavy atom. The van der Waals surface area contributed by atoms with E-state index in [0.717, 1.165) is 44.9 Å². The van der Waals surface area contributed by atoms with Gasteiger partial charge < -0.3 is 21.7 Å². The molecule has 278 valence electrons. The van der Waals surface area contributed by atoms with Gasteiger partial charge in [-0.3, -0.25) is 15.0 Å². The van der Waals surface area contributed by atoms with Crippen molar-refractivity contribution in [1.82, 2.24) is 16.0 Å². The molecule has 0 aliphatic heterocycles. The average Bonchev–Trinajstić information content (AvgIpc) is 3.07. The van der Waals surface area contributed by atoms with Crippen molar-refractivity contribution in [2.45, 2.75) is 193 Å². The van der Waals surface area contributed by atoms with Crippen molar-refractivity contribution < 1.29 is 9.59 Å². The van der Waals surface area contributed by atoms with Gasteiger partial charge in [0.2, 0.25) is 11.8 Å². The third-order valence-corrected chi connectivity index (χ3v) is 8.74. The molecule has 0 saturated heterocycles. The Hall–Kier alpha value is -2.57. The van der Waals surface area contributed by atoms with Gasteiger partial charge in [-0.2, -0.15) is 0 Å². The van der Waals surface area contributed by atoms with Crippen LogP contribution < -0.4 is 21.7 Å². The highest BCUT2D eigenvalue weighted by Crippen LogP contribution is 2.11. The molecule has 2 amide bonds. The fourth-order valence-electron chi connectivity index (χ4n) is 5.69. The average molecular weight is 672 g/mol. The smallest absolute Gasteiger partial charge is 0.242 e. The molecule has 0 aromatic heterocycles. The maximum Gasteiger partial charge on any atom is 0.242 e. The Kier molecular flexibility index (Phi) is 35.3. The molecule has 7 nitrogen and oxygen atoms in total. The molecule has 0 saturated carbocycles. The maximum absolute atomic E-state index is 12.9. The zero-order chi connectivity index (χ0) is 35.2. The highest BCUT2D eigenvalue weighted by Gasteiger charge is 2.20. The van der Waals surface area contributed by atoms with E-state index in [1.54, 1.807) is 0 Å². The van der Waals surface area contributed by atoms with Crippen LogP contribution in [-0.2, 0) is 9.59 Å². The molecule has 7 heteroatoms. The Morgan fingerprint density at radius 3 is 1.54 bits per heavy atom. The van der Waals surface area contributed by atoms with Gasteiger partial charge >= 0.3 is 0 Å². The molecule has 6 N–H and O–H groups in total. The van der Waals surface area contributed by atoms with Gasteiger partial charge in [-0.25, -0.2) is 0 Å². The van der Waals surface area contributed by atoms with Crippen LogP contribution >= 0.6 is 0 Å². The van der Waals surface area contributed by atoms with Crippen molar-refractivity contribution in [2.75, 3.05) is 13.1 Å². The van der Waals surface area contributed by atoms with Crippen LogP contribution in [0.4, 0.5) is 0 Å². The highest BCUT2D eigenvalue weighted by molar-refractivity contribution is 5.87. The summed E-state index contributed by atoms with van der Waals surface area (Å²) in [6, 6.07) is -0.614. The molecular formula is C41H77N5O2. The lowest BCUT2D eigenvalue weighted by Gasteiger charge is -2.19. The summed E-state index contributed by atoms with van der Waals surface area (Å²) in [7, 11) is 0. The molecule has 0 aliphatic carbocycles. The monoisotopic (exact) mass is 672 g/mol. The number of nitrogens with two attached hydrogens (primary N) is 1. The number of allylic oxidation sites excluding steroid dienone is 6. The summed E-state index contributed by atoms with van der Waals surface area (Å²) in [5.74, 6) is -0.364. The molecule has 0 heterocycles. The first-order valence-electron chi connectivity index (χ1n) is 20.1. The van der Waals surface area contributed by atoms with E-state index < -0.39 is 6.04 Å². The number of hydrogen-bond acceptors (Lipinski definition) is 3. The van der Waals surface area contributed by atoms with Crippen molar-refractivity contribution in [1.29, 1.82) is 5.41 Å². The normalized spacial score (nSPS) is 12.3. The van der Waals surface area contributed by atoms with E-state index in [1.807, 2.05) is 0 Å². The number of hydrogen-bond donors (Lipinski definition) is 5. The van der Waals surface area contributed by atoms with Crippen LogP contribution in [0.5, 0.6) is 0 Å². The quantitative estimate of drug-likeness (QED) is 0.0199. The van der Waals surface area contributed by atoms with Crippen LogP contribution in [0.25, 0.3) is 0 Å². The Balaban J connectivity index is 3.98. The van der Waals surface area contributed by atoms with E-state index in [0.29, 0.717) is 25.9 Å². The Labute approximate surface area is 296 Å². The van der Waals surface area contributed by atoms with Crippen molar-refractivity contribution in [3.63, 3.8) is 0 Å². The van der Waals surface area contributed by atoms with Crippen LogP contribution in [0.15, 0.2) is 36.5 Å². The fourth-order valence-corrected chi connectivity index (χ4v) is 5.69. The summed E-state index contributed by atoms with van der Waals surface area (Å²) in [5, 5.41) is 16.1. The molecular weight excluding hydrogens is 594 g/mol. The molecule has 0 aromatic carbocycles. The standard InChI is InChI=1S/C41H77N5O2/c1-3-5-7-9-11-13-15-17-19-21-23-25-27-29-31-33-36-44-40(48)38(35-37-45-41(42)43)46-39(47)34-32-30-28-26-24-22-20-18-16-14-12-10-8-6-4-2/h12,14,17-20,38H,3-11,13,15-16,21-37H2,1-2H3,(H,44,48)(H,46,47)(H4,42,43,45)/b14-12-,19-17-,20-18-. The largest absolute Gasteiger partial charge is 0.370 e. The number of rotatable bonds is 35. The van der Waals surface area contributed by atoms with Crippen LogP contribution in [0.2, 0.25) is 0 Å². The van der Waals surface area contributed by atoms with E-state index in [4.69, 9.17) is 11.1 Å². The summed E-state index contributed by atoms with van der Waals surface area (Å²) in [6.45, 7) is 5.49. The molecule has 1 atom stereocenters. The fraction of sp³-hybridized carbons (Fsp3) is 0.780. The summed E-state index contributed by atoms with van der Waals surface area (Å²) in [6.07, 6.45) is 44.8. The SMILES string of the molecule is CCCCC/C=C\C/C=C\CCCCCCCC(=O)NC(CCNC(=N)N)C(=O)NCCCCCCCC/C=C\CCCCCCCC. The molecule has 0 fully saturated rings. The van der Waals surface area contributed by atoms with Crippen LogP contribution in [-0.4, -0.2) is 36.9 Å².